The fourth-order valence-corrected chi connectivity index (χ4v) is 4.19. The average molecular weight is 376 g/mol. The largest absolute Gasteiger partial charge is 0.490 e. The van der Waals surface area contributed by atoms with Gasteiger partial charge in [-0.2, -0.15) is 0 Å². The van der Waals surface area contributed by atoms with Gasteiger partial charge < -0.3 is 14.4 Å². The standard InChI is InChI=1S/C19H24N2O6/c1-26-17-9-8-14(11-16(17)21(24)25)19(23)27-12-18(22)20-10-4-6-13-5-2-3-7-15(13)20/h8-9,11,13,15H,2-7,10,12H2,1H3/t13-,15-/m1/s1. The van der Waals surface area contributed by atoms with E-state index in [1.54, 1.807) is 0 Å². The molecule has 1 saturated heterocycles. The van der Waals surface area contributed by atoms with Crippen LogP contribution in [0.5, 0.6) is 5.75 Å². The second kappa shape index (κ2) is 8.37. The first-order valence-corrected chi connectivity index (χ1v) is 9.30. The Morgan fingerprint density at radius 1 is 1.22 bits per heavy atom. The number of nitro groups is 1. The Morgan fingerprint density at radius 2 is 1.96 bits per heavy atom. The summed E-state index contributed by atoms with van der Waals surface area (Å²) in [5, 5.41) is 11.1. The zero-order valence-electron chi connectivity index (χ0n) is 15.4. The molecule has 2 fully saturated rings. The van der Waals surface area contributed by atoms with Crippen molar-refractivity contribution in [2.24, 2.45) is 5.92 Å². The van der Waals surface area contributed by atoms with Crippen LogP contribution in [0.25, 0.3) is 0 Å². The van der Waals surface area contributed by atoms with Crippen LogP contribution in [-0.4, -0.2) is 48.0 Å². The van der Waals surface area contributed by atoms with Crippen molar-refractivity contribution >= 4 is 17.6 Å². The SMILES string of the molecule is COc1ccc(C(=O)OCC(=O)N2CCC[C@H]3CCCC[C@H]32)cc1[N+](=O)[O-]. The number of esters is 1. The molecule has 0 radical (unpaired) electrons. The summed E-state index contributed by atoms with van der Waals surface area (Å²) in [4.78, 5) is 37.1. The number of carbonyl (C=O) groups excluding carboxylic acids is 2. The highest BCUT2D eigenvalue weighted by Gasteiger charge is 2.35. The quantitative estimate of drug-likeness (QED) is 0.445. The number of ether oxygens (including phenoxy) is 2. The normalized spacial score (nSPS) is 21.9. The number of likely N-dealkylation sites (tertiary alicyclic amines) is 1. The van der Waals surface area contributed by atoms with Crippen LogP contribution in [0.2, 0.25) is 0 Å². The molecule has 1 aliphatic carbocycles. The molecule has 3 rings (SSSR count). The Balaban J connectivity index is 1.62. The lowest BCUT2D eigenvalue weighted by Crippen LogP contribution is -2.50. The van der Waals surface area contributed by atoms with Crippen molar-refractivity contribution in [3.63, 3.8) is 0 Å². The summed E-state index contributed by atoms with van der Waals surface area (Å²) in [6, 6.07) is 4.08. The molecule has 27 heavy (non-hydrogen) atoms. The molecule has 2 aliphatic rings. The van der Waals surface area contributed by atoms with Crippen LogP contribution >= 0.6 is 0 Å². The van der Waals surface area contributed by atoms with Gasteiger partial charge in [-0.15, -0.1) is 0 Å². The molecule has 1 heterocycles. The maximum Gasteiger partial charge on any atom is 0.338 e. The molecule has 1 saturated carbocycles. The lowest BCUT2D eigenvalue weighted by molar-refractivity contribution is -0.385. The van der Waals surface area contributed by atoms with Gasteiger partial charge in [-0.25, -0.2) is 4.79 Å². The number of piperidine rings is 1. The molecule has 0 spiro atoms. The Kier molecular flexibility index (Phi) is 5.93. The van der Waals surface area contributed by atoms with Gasteiger partial charge in [0.25, 0.3) is 5.91 Å². The van der Waals surface area contributed by atoms with Crippen molar-refractivity contribution in [3.05, 3.63) is 33.9 Å². The molecule has 1 aromatic carbocycles. The monoisotopic (exact) mass is 376 g/mol. The first-order chi connectivity index (χ1) is 13.0. The molecule has 2 atom stereocenters. The third kappa shape index (κ3) is 4.20. The van der Waals surface area contributed by atoms with Crippen LogP contribution in [0.4, 0.5) is 5.69 Å². The highest BCUT2D eigenvalue weighted by atomic mass is 16.6. The molecule has 1 aliphatic heterocycles. The lowest BCUT2D eigenvalue weighted by Gasteiger charge is -2.44. The number of nitro benzene ring substituents is 1. The van der Waals surface area contributed by atoms with E-state index in [4.69, 9.17) is 9.47 Å². The molecule has 0 N–H and O–H groups in total. The summed E-state index contributed by atoms with van der Waals surface area (Å²) in [6.45, 7) is 0.355. The number of rotatable bonds is 5. The number of hydrogen-bond acceptors (Lipinski definition) is 6. The first kappa shape index (κ1) is 19.1. The Morgan fingerprint density at radius 3 is 2.70 bits per heavy atom. The van der Waals surface area contributed by atoms with Crippen LogP contribution in [-0.2, 0) is 9.53 Å². The van der Waals surface area contributed by atoms with Crippen LogP contribution in [0, 0.1) is 16.0 Å². The van der Waals surface area contributed by atoms with Gasteiger partial charge in [0.05, 0.1) is 17.6 Å². The van der Waals surface area contributed by atoms with E-state index >= 15 is 0 Å². The van der Waals surface area contributed by atoms with Gasteiger partial charge in [-0.05, 0) is 43.7 Å². The van der Waals surface area contributed by atoms with E-state index < -0.39 is 10.9 Å². The number of nitrogens with zero attached hydrogens (tertiary/aromatic N) is 2. The lowest BCUT2D eigenvalue weighted by atomic mass is 9.78. The van der Waals surface area contributed by atoms with E-state index in [1.807, 2.05) is 4.90 Å². The van der Waals surface area contributed by atoms with Crippen molar-refractivity contribution in [1.29, 1.82) is 0 Å². The van der Waals surface area contributed by atoms with Crippen LogP contribution in [0.1, 0.15) is 48.9 Å². The summed E-state index contributed by atoms with van der Waals surface area (Å²) < 4.78 is 10.1. The maximum atomic E-state index is 12.6. The zero-order chi connectivity index (χ0) is 19.4. The van der Waals surface area contributed by atoms with Gasteiger partial charge in [0.2, 0.25) is 0 Å². The van der Waals surface area contributed by atoms with E-state index in [0.29, 0.717) is 12.5 Å². The molecule has 1 aromatic rings. The molecular weight excluding hydrogens is 352 g/mol. The van der Waals surface area contributed by atoms with Crippen molar-refractivity contribution in [1.82, 2.24) is 4.90 Å². The number of benzene rings is 1. The average Bonchev–Trinajstić information content (AvgIpc) is 2.70. The highest BCUT2D eigenvalue weighted by molar-refractivity contribution is 5.92. The molecule has 8 heteroatoms. The summed E-state index contributed by atoms with van der Waals surface area (Å²) in [5.41, 5.74) is -0.302. The zero-order valence-corrected chi connectivity index (χ0v) is 15.4. The molecule has 0 bridgehead atoms. The smallest absolute Gasteiger partial charge is 0.338 e. The third-order valence-electron chi connectivity index (χ3n) is 5.50. The van der Waals surface area contributed by atoms with Crippen molar-refractivity contribution in [2.75, 3.05) is 20.3 Å². The van der Waals surface area contributed by atoms with Crippen molar-refractivity contribution in [3.8, 4) is 5.75 Å². The second-order valence-electron chi connectivity index (χ2n) is 7.06. The van der Waals surface area contributed by atoms with Gasteiger partial charge in [0.15, 0.2) is 12.4 Å². The topological polar surface area (TPSA) is 99.0 Å². The second-order valence-corrected chi connectivity index (χ2v) is 7.06. The van der Waals surface area contributed by atoms with Gasteiger partial charge >= 0.3 is 11.7 Å². The molecule has 8 nitrogen and oxygen atoms in total. The van der Waals surface area contributed by atoms with Gasteiger partial charge in [0, 0.05) is 18.7 Å². The minimum Gasteiger partial charge on any atom is -0.490 e. The highest BCUT2D eigenvalue weighted by Crippen LogP contribution is 2.35. The number of carbonyl (C=O) groups is 2. The fraction of sp³-hybridized carbons (Fsp3) is 0.579. The fourth-order valence-electron chi connectivity index (χ4n) is 4.19. The van der Waals surface area contributed by atoms with E-state index in [1.165, 1.54) is 25.7 Å². The van der Waals surface area contributed by atoms with E-state index in [-0.39, 0.29) is 35.6 Å². The van der Waals surface area contributed by atoms with Crippen LogP contribution in [0.15, 0.2) is 18.2 Å². The minimum atomic E-state index is -0.758. The minimum absolute atomic E-state index is 0.0180. The predicted octanol–water partition coefficient (Wildman–Crippen LogP) is 2.94. The van der Waals surface area contributed by atoms with E-state index in [2.05, 4.69) is 0 Å². The Labute approximate surface area is 157 Å². The summed E-state index contributed by atoms with van der Waals surface area (Å²) >= 11 is 0. The van der Waals surface area contributed by atoms with Crippen LogP contribution in [0.3, 0.4) is 0 Å². The number of fused-ring (bicyclic) bond motifs is 1. The summed E-state index contributed by atoms with van der Waals surface area (Å²) in [7, 11) is 1.32. The van der Waals surface area contributed by atoms with Crippen molar-refractivity contribution < 1.29 is 24.0 Å². The van der Waals surface area contributed by atoms with E-state index in [0.717, 1.165) is 38.2 Å². The number of methoxy groups -OCH3 is 1. The van der Waals surface area contributed by atoms with Gasteiger partial charge in [0.1, 0.15) is 0 Å². The molecule has 146 valence electrons. The third-order valence-corrected chi connectivity index (χ3v) is 5.50. The number of hydrogen-bond donors (Lipinski definition) is 0. The maximum absolute atomic E-state index is 12.6. The Bertz CT molecular complexity index is 733. The Hall–Kier alpha value is -2.64. The van der Waals surface area contributed by atoms with Crippen LogP contribution < -0.4 is 4.74 Å². The molecule has 0 unspecified atom stereocenters. The molecule has 1 amide bonds. The summed E-state index contributed by atoms with van der Waals surface area (Å²) in [5.74, 6) is -0.338. The van der Waals surface area contributed by atoms with E-state index in [9.17, 15) is 19.7 Å². The van der Waals surface area contributed by atoms with Gasteiger partial charge in [-0.1, -0.05) is 12.8 Å². The predicted molar refractivity (Wildman–Crippen MR) is 96.6 cm³/mol. The molecule has 0 aromatic heterocycles. The number of amides is 1. The van der Waals surface area contributed by atoms with Gasteiger partial charge in [-0.3, -0.25) is 14.9 Å². The first-order valence-electron chi connectivity index (χ1n) is 9.30. The summed E-state index contributed by atoms with van der Waals surface area (Å²) in [6.07, 6.45) is 6.64. The molecular formula is C19H24N2O6. The van der Waals surface area contributed by atoms with Crippen molar-refractivity contribution in [2.45, 2.75) is 44.6 Å².